The molecule has 0 spiro atoms. The Hall–Kier alpha value is -1.91. The van der Waals surface area contributed by atoms with Gasteiger partial charge in [0.1, 0.15) is 6.10 Å². The van der Waals surface area contributed by atoms with Crippen LogP contribution >= 0.6 is 24.0 Å². The minimum Gasteiger partial charge on any atom is -0.472 e. The number of aromatic nitrogens is 3. The van der Waals surface area contributed by atoms with Crippen LogP contribution in [0.4, 0.5) is 0 Å². The number of rotatable bonds is 5. The zero-order valence-corrected chi connectivity index (χ0v) is 16.7. The Kier molecular flexibility index (Phi) is 7.41. The van der Waals surface area contributed by atoms with E-state index >= 15 is 0 Å². The summed E-state index contributed by atoms with van der Waals surface area (Å²) in [6.07, 6.45) is 3.47. The van der Waals surface area contributed by atoms with Gasteiger partial charge in [0, 0.05) is 45.2 Å². The fourth-order valence-electron chi connectivity index (χ4n) is 2.66. The molecule has 0 amide bonds. The van der Waals surface area contributed by atoms with Gasteiger partial charge in [0.05, 0.1) is 6.54 Å². The van der Waals surface area contributed by atoms with E-state index in [1.165, 1.54) is 0 Å². The number of likely N-dealkylation sites (tertiary alicyclic amines) is 1. The van der Waals surface area contributed by atoms with Crippen molar-refractivity contribution in [2.75, 3.05) is 26.7 Å². The molecule has 1 saturated heterocycles. The van der Waals surface area contributed by atoms with Crippen LogP contribution in [0.3, 0.4) is 0 Å². The van der Waals surface area contributed by atoms with E-state index in [0.29, 0.717) is 30.6 Å². The molecule has 25 heavy (non-hydrogen) atoms. The molecule has 1 N–H and O–H groups in total. The molecule has 0 radical (unpaired) electrons. The summed E-state index contributed by atoms with van der Waals surface area (Å²) in [7, 11) is 1.78. The van der Waals surface area contributed by atoms with Crippen LogP contribution in [0.2, 0.25) is 0 Å². The molecule has 0 aliphatic carbocycles. The van der Waals surface area contributed by atoms with Crippen LogP contribution in [0.1, 0.15) is 18.1 Å². The molecule has 0 aromatic carbocycles. The van der Waals surface area contributed by atoms with Crippen LogP contribution < -0.4 is 10.1 Å². The van der Waals surface area contributed by atoms with Gasteiger partial charge in [0.25, 0.3) is 0 Å². The lowest BCUT2D eigenvalue weighted by Crippen LogP contribution is -2.41. The van der Waals surface area contributed by atoms with E-state index in [0.717, 1.165) is 25.5 Å². The third-order valence-electron chi connectivity index (χ3n) is 3.77. The predicted molar refractivity (Wildman–Crippen MR) is 104 cm³/mol. The molecule has 1 unspecified atom stereocenters. The van der Waals surface area contributed by atoms with Crippen molar-refractivity contribution in [2.45, 2.75) is 25.9 Å². The molecule has 2 aromatic rings. The molecule has 9 heteroatoms. The summed E-state index contributed by atoms with van der Waals surface area (Å²) in [5.74, 6) is 2.81. The van der Waals surface area contributed by atoms with E-state index in [1.54, 1.807) is 13.2 Å². The second kappa shape index (κ2) is 9.54. The molecule has 136 valence electrons. The Morgan fingerprint density at radius 1 is 1.48 bits per heavy atom. The molecule has 1 fully saturated rings. The topological polar surface area (TPSA) is 88.7 Å². The van der Waals surface area contributed by atoms with Gasteiger partial charge in [-0.3, -0.25) is 4.99 Å². The van der Waals surface area contributed by atoms with Gasteiger partial charge in [-0.1, -0.05) is 11.2 Å². The summed E-state index contributed by atoms with van der Waals surface area (Å²) in [5.41, 5.74) is 0. The first kappa shape index (κ1) is 19.4. The maximum atomic E-state index is 5.91. The van der Waals surface area contributed by atoms with E-state index < -0.39 is 0 Å². The van der Waals surface area contributed by atoms with Crippen LogP contribution in [-0.4, -0.2) is 58.8 Å². The van der Waals surface area contributed by atoms with Gasteiger partial charge in [0.2, 0.25) is 11.8 Å². The first-order chi connectivity index (χ1) is 11.7. The molecular formula is C16H23IN6O2. The Morgan fingerprint density at radius 2 is 2.36 bits per heavy atom. The summed E-state index contributed by atoms with van der Waals surface area (Å²) in [4.78, 5) is 14.9. The molecular weight excluding hydrogens is 435 g/mol. The monoisotopic (exact) mass is 458 g/mol. The van der Waals surface area contributed by atoms with Crippen molar-refractivity contribution in [3.05, 3.63) is 36.1 Å². The molecule has 8 nitrogen and oxygen atoms in total. The highest BCUT2D eigenvalue weighted by Crippen LogP contribution is 2.16. The molecule has 3 rings (SSSR count). The average molecular weight is 458 g/mol. The van der Waals surface area contributed by atoms with Crippen molar-refractivity contribution in [1.29, 1.82) is 0 Å². The van der Waals surface area contributed by atoms with Gasteiger partial charge in [0.15, 0.2) is 11.8 Å². The number of ether oxygens (including phenoxy) is 1. The van der Waals surface area contributed by atoms with Crippen LogP contribution in [-0.2, 0) is 6.42 Å². The maximum absolute atomic E-state index is 5.91. The summed E-state index contributed by atoms with van der Waals surface area (Å²) >= 11 is 0. The molecule has 3 heterocycles. The van der Waals surface area contributed by atoms with Crippen molar-refractivity contribution in [3.8, 4) is 5.88 Å². The highest BCUT2D eigenvalue weighted by molar-refractivity contribution is 14.0. The first-order valence-electron chi connectivity index (χ1n) is 8.07. The number of halogens is 1. The van der Waals surface area contributed by atoms with Gasteiger partial charge >= 0.3 is 0 Å². The normalized spacial score (nSPS) is 17.3. The number of hydrogen-bond acceptors (Lipinski definition) is 6. The minimum absolute atomic E-state index is 0. The summed E-state index contributed by atoms with van der Waals surface area (Å²) in [5, 5.41) is 7.12. The van der Waals surface area contributed by atoms with Gasteiger partial charge < -0.3 is 19.5 Å². The van der Waals surface area contributed by atoms with Crippen molar-refractivity contribution >= 4 is 29.9 Å². The van der Waals surface area contributed by atoms with E-state index in [1.807, 2.05) is 25.1 Å². The lowest BCUT2D eigenvalue weighted by Gasteiger charge is -2.21. The van der Waals surface area contributed by atoms with Gasteiger partial charge in [-0.2, -0.15) is 4.98 Å². The third kappa shape index (κ3) is 5.55. The zero-order valence-electron chi connectivity index (χ0n) is 14.4. The zero-order chi connectivity index (χ0) is 16.8. The number of hydrogen-bond donors (Lipinski definition) is 1. The lowest BCUT2D eigenvalue weighted by molar-refractivity contribution is 0.205. The van der Waals surface area contributed by atoms with E-state index in [9.17, 15) is 0 Å². The Balaban J connectivity index is 0.00000225. The second-order valence-corrected chi connectivity index (χ2v) is 5.60. The molecule has 2 aromatic heterocycles. The predicted octanol–water partition coefficient (Wildman–Crippen LogP) is 1.66. The molecule has 0 saturated carbocycles. The average Bonchev–Trinajstić information content (AvgIpc) is 3.22. The number of nitrogens with one attached hydrogen (secondary N) is 1. The number of guanidine groups is 1. The van der Waals surface area contributed by atoms with Crippen LogP contribution in [0.5, 0.6) is 5.88 Å². The molecule has 0 bridgehead atoms. The van der Waals surface area contributed by atoms with Gasteiger partial charge in [-0.05, 0) is 13.0 Å². The minimum atomic E-state index is 0. The SMILES string of the molecule is CN=C(NCCc1nc(C)no1)N1CCC(Oc2ccccn2)C1.I. The smallest absolute Gasteiger partial charge is 0.228 e. The lowest BCUT2D eigenvalue weighted by atomic mass is 10.3. The van der Waals surface area contributed by atoms with Crippen molar-refractivity contribution in [2.24, 2.45) is 4.99 Å². The van der Waals surface area contributed by atoms with Crippen molar-refractivity contribution in [1.82, 2.24) is 25.3 Å². The Morgan fingerprint density at radius 3 is 3.04 bits per heavy atom. The van der Waals surface area contributed by atoms with Crippen molar-refractivity contribution in [3.63, 3.8) is 0 Å². The van der Waals surface area contributed by atoms with Gasteiger partial charge in [-0.15, -0.1) is 24.0 Å². The summed E-state index contributed by atoms with van der Waals surface area (Å²) in [6.45, 7) is 4.19. The van der Waals surface area contributed by atoms with Crippen molar-refractivity contribution < 1.29 is 9.26 Å². The number of aliphatic imine (C=N–C) groups is 1. The third-order valence-corrected chi connectivity index (χ3v) is 3.77. The standard InChI is InChI=1S/C16H22N6O2.HI/c1-12-20-15(24-21-12)6-9-19-16(17-2)22-10-7-13(11-22)23-14-5-3-4-8-18-14;/h3-5,8,13H,6-7,9-11H2,1-2H3,(H,17,19);1H. The fraction of sp³-hybridized carbons (Fsp3) is 0.500. The number of pyridine rings is 1. The maximum Gasteiger partial charge on any atom is 0.228 e. The Bertz CT molecular complexity index is 678. The largest absolute Gasteiger partial charge is 0.472 e. The van der Waals surface area contributed by atoms with Gasteiger partial charge in [-0.25, -0.2) is 4.98 Å². The highest BCUT2D eigenvalue weighted by atomic mass is 127. The van der Waals surface area contributed by atoms with E-state index in [4.69, 9.17) is 9.26 Å². The molecule has 1 aliphatic heterocycles. The highest BCUT2D eigenvalue weighted by Gasteiger charge is 2.26. The van der Waals surface area contributed by atoms with E-state index in [2.05, 4.69) is 30.3 Å². The fourth-order valence-corrected chi connectivity index (χ4v) is 2.66. The number of nitrogens with zero attached hydrogens (tertiary/aromatic N) is 5. The number of aryl methyl sites for hydroxylation is 1. The van der Waals surface area contributed by atoms with Crippen LogP contribution in [0, 0.1) is 6.92 Å². The Labute approximate surface area is 164 Å². The first-order valence-corrected chi connectivity index (χ1v) is 8.07. The van der Waals surface area contributed by atoms with Crippen LogP contribution in [0.25, 0.3) is 0 Å². The second-order valence-electron chi connectivity index (χ2n) is 5.60. The molecule has 1 aliphatic rings. The molecule has 1 atom stereocenters. The summed E-state index contributed by atoms with van der Waals surface area (Å²) < 4.78 is 11.0. The van der Waals surface area contributed by atoms with Crippen LogP contribution in [0.15, 0.2) is 33.9 Å². The van der Waals surface area contributed by atoms with E-state index in [-0.39, 0.29) is 30.1 Å². The quantitative estimate of drug-likeness (QED) is 0.414. The summed E-state index contributed by atoms with van der Waals surface area (Å²) in [6, 6.07) is 5.68.